The van der Waals surface area contributed by atoms with Crippen molar-refractivity contribution in [1.29, 1.82) is 0 Å². The van der Waals surface area contributed by atoms with Gasteiger partial charge < -0.3 is 10.4 Å². The first kappa shape index (κ1) is 13.3. The number of hydrogen-bond donors (Lipinski definition) is 3. The minimum absolute atomic E-state index is 0.429. The predicted octanol–water partition coefficient (Wildman–Crippen LogP) is 1.46. The summed E-state index contributed by atoms with van der Waals surface area (Å²) >= 11 is 6.27. The molecule has 0 aromatic heterocycles. The molecule has 1 aliphatic heterocycles. The van der Waals surface area contributed by atoms with Gasteiger partial charge in [-0.1, -0.05) is 54.1 Å². The van der Waals surface area contributed by atoms with Crippen LogP contribution in [0.4, 0.5) is 4.79 Å². The number of halogens is 1. The highest BCUT2D eigenvalue weighted by Gasteiger charge is 2.60. The van der Waals surface area contributed by atoms with Gasteiger partial charge in [0.1, 0.15) is 11.6 Å². The molecule has 2 atom stereocenters. The van der Waals surface area contributed by atoms with E-state index in [1.165, 1.54) is 0 Å². The van der Waals surface area contributed by atoms with Crippen molar-refractivity contribution in [3.63, 3.8) is 0 Å². The molecule has 5 nitrogen and oxygen atoms in total. The summed E-state index contributed by atoms with van der Waals surface area (Å²) in [6.45, 7) is 0. The normalized spacial score (nSPS) is 29.5. The molecule has 2 bridgehead atoms. The average molecular weight is 315 g/mol. The fraction of sp³-hybridized carbons (Fsp3) is 0.125. The van der Waals surface area contributed by atoms with Crippen LogP contribution in [0.5, 0.6) is 0 Å². The van der Waals surface area contributed by atoms with E-state index in [9.17, 15) is 14.7 Å². The maximum absolute atomic E-state index is 11.9. The minimum atomic E-state index is -1.59. The highest BCUT2D eigenvalue weighted by Crippen LogP contribution is 2.56. The Hall–Kier alpha value is -2.37. The minimum Gasteiger partial charge on any atom is -0.377 e. The summed E-state index contributed by atoms with van der Waals surface area (Å²) in [4.78, 5) is 23.3. The Kier molecular flexibility index (Phi) is 2.61. The molecule has 1 aromatic rings. The molecule has 1 fully saturated rings. The quantitative estimate of drug-likeness (QED) is 0.723. The van der Waals surface area contributed by atoms with Crippen molar-refractivity contribution in [1.82, 2.24) is 10.6 Å². The zero-order chi connectivity index (χ0) is 15.5. The van der Waals surface area contributed by atoms with Gasteiger partial charge in [0, 0.05) is 11.1 Å². The first-order valence-electron chi connectivity index (χ1n) is 6.76. The van der Waals surface area contributed by atoms with Crippen LogP contribution < -0.4 is 10.6 Å². The summed E-state index contributed by atoms with van der Waals surface area (Å²) in [5, 5.41) is 16.1. The van der Waals surface area contributed by atoms with E-state index in [-0.39, 0.29) is 0 Å². The molecule has 3 amide bonds. The molecule has 2 aliphatic carbocycles. The van der Waals surface area contributed by atoms with Crippen molar-refractivity contribution >= 4 is 29.1 Å². The van der Waals surface area contributed by atoms with Crippen LogP contribution in [0.2, 0.25) is 0 Å². The summed E-state index contributed by atoms with van der Waals surface area (Å²) in [6.07, 6.45) is 3.55. The Morgan fingerprint density at radius 2 is 1.86 bits per heavy atom. The van der Waals surface area contributed by atoms with Crippen LogP contribution in [0.15, 0.2) is 58.7 Å². The lowest BCUT2D eigenvalue weighted by molar-refractivity contribution is -0.123. The molecular weight excluding hydrogens is 304 g/mol. The van der Waals surface area contributed by atoms with Gasteiger partial charge in [0.05, 0.1) is 5.03 Å². The molecule has 0 radical (unpaired) electrons. The maximum Gasteiger partial charge on any atom is 0.322 e. The van der Waals surface area contributed by atoms with E-state index in [1.807, 2.05) is 36.4 Å². The third-order valence-corrected chi connectivity index (χ3v) is 4.60. The van der Waals surface area contributed by atoms with E-state index in [4.69, 9.17) is 11.6 Å². The Labute approximate surface area is 131 Å². The number of amides is 3. The van der Waals surface area contributed by atoms with Crippen molar-refractivity contribution in [2.45, 2.75) is 11.6 Å². The predicted molar refractivity (Wildman–Crippen MR) is 80.8 cm³/mol. The van der Waals surface area contributed by atoms with E-state index in [2.05, 4.69) is 10.6 Å². The third kappa shape index (κ3) is 1.52. The summed E-state index contributed by atoms with van der Waals surface area (Å²) in [7, 11) is 0. The number of carbonyl (C=O) groups is 2. The van der Waals surface area contributed by atoms with Gasteiger partial charge in [-0.15, -0.1) is 0 Å². The fourth-order valence-corrected chi connectivity index (χ4v) is 3.64. The molecule has 3 N–H and O–H groups in total. The summed E-state index contributed by atoms with van der Waals surface area (Å²) < 4.78 is 0. The van der Waals surface area contributed by atoms with E-state index < -0.39 is 23.6 Å². The number of aliphatic hydroxyl groups is 1. The molecule has 1 aromatic carbocycles. The van der Waals surface area contributed by atoms with E-state index in [1.54, 1.807) is 6.08 Å². The largest absolute Gasteiger partial charge is 0.377 e. The number of benzene rings is 1. The van der Waals surface area contributed by atoms with Crippen molar-refractivity contribution in [3.8, 4) is 0 Å². The van der Waals surface area contributed by atoms with Gasteiger partial charge in [-0.2, -0.15) is 0 Å². The molecule has 0 saturated carbocycles. The average Bonchev–Trinajstić information content (AvgIpc) is 2.87. The van der Waals surface area contributed by atoms with Gasteiger partial charge >= 0.3 is 6.03 Å². The van der Waals surface area contributed by atoms with E-state index in [0.29, 0.717) is 16.2 Å². The summed E-state index contributed by atoms with van der Waals surface area (Å²) in [5.41, 5.74) is 0.963. The second kappa shape index (κ2) is 4.32. The molecule has 6 heteroatoms. The third-order valence-electron chi connectivity index (χ3n) is 4.21. The first-order valence-corrected chi connectivity index (χ1v) is 7.14. The fourth-order valence-electron chi connectivity index (χ4n) is 3.18. The first-order chi connectivity index (χ1) is 10.5. The number of rotatable bonds is 2. The lowest BCUT2D eigenvalue weighted by atomic mass is 9.63. The number of hydrogen-bond acceptors (Lipinski definition) is 3. The smallest absolute Gasteiger partial charge is 0.322 e. The summed E-state index contributed by atoms with van der Waals surface area (Å²) in [6, 6.07) is 7.76. The van der Waals surface area contributed by atoms with Crippen molar-refractivity contribution < 1.29 is 14.7 Å². The molecule has 1 heterocycles. The Morgan fingerprint density at radius 3 is 2.45 bits per heavy atom. The molecule has 3 aliphatic rings. The van der Waals surface area contributed by atoms with Crippen LogP contribution in [0.1, 0.15) is 5.56 Å². The van der Waals surface area contributed by atoms with Crippen molar-refractivity contribution in [2.24, 2.45) is 0 Å². The molecule has 4 rings (SSSR count). The Morgan fingerprint density at radius 1 is 1.14 bits per heavy atom. The molecular formula is C16H11ClN2O3. The molecule has 0 spiro atoms. The van der Waals surface area contributed by atoms with E-state index >= 15 is 0 Å². The number of imide groups is 1. The highest BCUT2D eigenvalue weighted by atomic mass is 35.5. The van der Waals surface area contributed by atoms with Gasteiger partial charge in [0.25, 0.3) is 5.91 Å². The van der Waals surface area contributed by atoms with Crippen LogP contribution >= 0.6 is 11.6 Å². The maximum atomic E-state index is 11.9. The van der Waals surface area contributed by atoms with Crippen LogP contribution in [-0.4, -0.2) is 28.7 Å². The monoisotopic (exact) mass is 314 g/mol. The highest BCUT2D eigenvalue weighted by molar-refractivity contribution is 6.36. The lowest BCUT2D eigenvalue weighted by Crippen LogP contribution is -2.60. The number of fused-ring (bicyclic) bond motifs is 2. The van der Waals surface area contributed by atoms with Crippen LogP contribution in [0.25, 0.3) is 5.57 Å². The summed E-state index contributed by atoms with van der Waals surface area (Å²) in [5.74, 6) is -0.561. The molecule has 22 heavy (non-hydrogen) atoms. The number of nitrogens with one attached hydrogen (secondary N) is 2. The van der Waals surface area contributed by atoms with Gasteiger partial charge in [-0.3, -0.25) is 10.1 Å². The number of carbonyl (C=O) groups excluding carboxylic acids is 2. The molecule has 2 unspecified atom stereocenters. The number of urea groups is 1. The zero-order valence-corrected chi connectivity index (χ0v) is 12.0. The van der Waals surface area contributed by atoms with Gasteiger partial charge in [0.2, 0.25) is 0 Å². The van der Waals surface area contributed by atoms with Gasteiger partial charge in [0.15, 0.2) is 0 Å². The van der Waals surface area contributed by atoms with Crippen molar-refractivity contribution in [2.75, 3.05) is 0 Å². The second-order valence-corrected chi connectivity index (χ2v) is 5.76. The topological polar surface area (TPSA) is 78.4 Å². The molecule has 1 saturated heterocycles. The van der Waals surface area contributed by atoms with E-state index in [0.717, 1.165) is 11.1 Å². The SMILES string of the molecule is O=C1NC(=O)C(C2(O)c3ccc(-c4ccccc4)c2c3Cl)N1. The van der Waals surface area contributed by atoms with Crippen LogP contribution in [0.3, 0.4) is 0 Å². The van der Waals surface area contributed by atoms with Crippen LogP contribution in [0, 0.1) is 0 Å². The van der Waals surface area contributed by atoms with Crippen LogP contribution in [-0.2, 0) is 4.79 Å². The Bertz CT molecular complexity index is 810. The second-order valence-electron chi connectivity index (χ2n) is 5.38. The lowest BCUT2D eigenvalue weighted by Gasteiger charge is -2.47. The Balaban J connectivity index is 1.81. The number of allylic oxidation sites excluding steroid dienone is 2. The van der Waals surface area contributed by atoms with Gasteiger partial charge in [-0.25, -0.2) is 4.79 Å². The zero-order valence-electron chi connectivity index (χ0n) is 11.3. The van der Waals surface area contributed by atoms with Crippen molar-refractivity contribution in [3.05, 3.63) is 64.2 Å². The molecule has 110 valence electrons. The van der Waals surface area contributed by atoms with Gasteiger partial charge in [-0.05, 0) is 11.1 Å². The standard InChI is InChI=1S/C16H11ClN2O3/c17-12-10-7-6-9(8-4-2-1-3-5-8)11(12)16(10,22)13-14(20)19-15(21)18-13/h1-7,13,22H,(H2,18,19,20,21).